The van der Waals surface area contributed by atoms with Crippen molar-refractivity contribution >= 4 is 55.6 Å². The van der Waals surface area contributed by atoms with E-state index in [-0.39, 0.29) is 17.7 Å². The molecule has 7 aromatic carbocycles. The molecule has 3 atom stereocenters. The molecule has 0 amide bonds. The highest BCUT2D eigenvalue weighted by Gasteiger charge is 2.28. The number of benzene rings is 7. The maximum Gasteiger partial charge on any atom is 0.131 e. The van der Waals surface area contributed by atoms with Gasteiger partial charge in [-0.2, -0.15) is 0 Å². The zero-order valence-corrected chi connectivity index (χ0v) is 25.3. The van der Waals surface area contributed by atoms with Crippen LogP contribution in [-0.2, 0) is 0 Å². The summed E-state index contributed by atoms with van der Waals surface area (Å²) in [5, 5.41) is 19.0. The lowest BCUT2D eigenvalue weighted by molar-refractivity contribution is 0.409. The number of amidine groups is 1. The van der Waals surface area contributed by atoms with E-state index < -0.39 is 0 Å². The van der Waals surface area contributed by atoms with Gasteiger partial charge < -0.3 is 10.6 Å². The number of anilines is 1. The molecule has 3 unspecified atom stereocenters. The lowest BCUT2D eigenvalue weighted by Crippen LogP contribution is -2.44. The third-order valence-electron chi connectivity index (χ3n) is 8.97. The number of hydrogen-bond donors (Lipinski definition) is 3. The van der Waals surface area contributed by atoms with Crippen molar-refractivity contribution in [2.45, 2.75) is 22.6 Å². The van der Waals surface area contributed by atoms with Crippen LogP contribution in [0.25, 0.3) is 32.3 Å². The van der Waals surface area contributed by atoms with Crippen molar-refractivity contribution in [1.29, 1.82) is 0 Å². The van der Waals surface area contributed by atoms with Gasteiger partial charge >= 0.3 is 0 Å². The van der Waals surface area contributed by atoms with Crippen molar-refractivity contribution in [1.82, 2.24) is 10.6 Å². The molecule has 9 rings (SSSR count). The highest BCUT2D eigenvalue weighted by atomic mass is 32.2. The van der Waals surface area contributed by atoms with Crippen molar-refractivity contribution in [3.8, 4) is 0 Å². The van der Waals surface area contributed by atoms with Gasteiger partial charge in [0.1, 0.15) is 23.5 Å². The summed E-state index contributed by atoms with van der Waals surface area (Å²) in [4.78, 5) is 6.46. The average Bonchev–Trinajstić information content (AvgIpc) is 3.56. The van der Waals surface area contributed by atoms with E-state index >= 15 is 0 Å². The molecule has 0 aliphatic carbocycles. The molecule has 45 heavy (non-hydrogen) atoms. The monoisotopic (exact) mass is 598 g/mol. The van der Waals surface area contributed by atoms with Gasteiger partial charge in [-0.3, -0.25) is 5.32 Å². The maximum absolute atomic E-state index is 5.17. The topological polar surface area (TPSA) is 48.5 Å². The molecule has 0 radical (unpaired) electrons. The molecule has 0 spiro atoms. The van der Waals surface area contributed by atoms with E-state index in [1.165, 1.54) is 54.0 Å². The molecule has 0 saturated heterocycles. The molecule has 2 heterocycles. The van der Waals surface area contributed by atoms with Gasteiger partial charge in [0, 0.05) is 15.8 Å². The van der Waals surface area contributed by atoms with Crippen LogP contribution in [0.1, 0.15) is 40.0 Å². The Morgan fingerprint density at radius 2 is 1.31 bits per heavy atom. The Morgan fingerprint density at radius 1 is 0.556 bits per heavy atom. The van der Waals surface area contributed by atoms with Crippen molar-refractivity contribution in [3.63, 3.8) is 0 Å². The highest BCUT2D eigenvalue weighted by molar-refractivity contribution is 8.00. The fraction of sp³-hybridized carbons (Fsp3) is 0.0750. The van der Waals surface area contributed by atoms with E-state index in [9.17, 15) is 0 Å². The number of aliphatic imine (C=N–C) groups is 1. The number of hydrogen-bond acceptors (Lipinski definition) is 5. The van der Waals surface area contributed by atoms with E-state index in [4.69, 9.17) is 4.99 Å². The summed E-state index contributed by atoms with van der Waals surface area (Å²) in [5.74, 6) is 0.894. The minimum Gasteiger partial charge on any atom is -0.368 e. The predicted octanol–water partition coefficient (Wildman–Crippen LogP) is 9.70. The van der Waals surface area contributed by atoms with Crippen LogP contribution in [0.15, 0.2) is 155 Å². The van der Waals surface area contributed by atoms with Crippen LogP contribution < -0.4 is 16.0 Å². The summed E-state index contributed by atoms with van der Waals surface area (Å²) in [5.41, 5.74) is 5.94. The fourth-order valence-corrected chi connectivity index (χ4v) is 7.95. The standard InChI is InChI=1S/C40H30N4S/c1-3-11-27(12-4-1)37-42-38(28-13-5-2-6-14-28)44-39(43-37)30-20-22-32-29(24-30)19-18-26-21-23-34-36(35(26)32)41-40(45-34)33-17-9-15-25-10-7-8-16-31(25)33/h1-24,37,39-41,43H,(H,42,44). The first kappa shape index (κ1) is 26.3. The smallest absolute Gasteiger partial charge is 0.131 e. The number of thioether (sulfide) groups is 1. The number of rotatable bonds is 4. The van der Waals surface area contributed by atoms with Gasteiger partial charge in [0.15, 0.2) is 0 Å². The van der Waals surface area contributed by atoms with Crippen LogP contribution in [0.4, 0.5) is 5.69 Å². The van der Waals surface area contributed by atoms with Gasteiger partial charge in [-0.05, 0) is 55.8 Å². The fourth-order valence-electron chi connectivity index (χ4n) is 6.76. The molecular weight excluding hydrogens is 569 g/mol. The summed E-state index contributed by atoms with van der Waals surface area (Å²) in [6, 6.07) is 52.0. The Labute approximate surface area is 266 Å². The third-order valence-corrected chi connectivity index (χ3v) is 10.2. The SMILES string of the molecule is c1ccc(C2=NC(c3ccc4c(ccc5ccc6c(c54)NC(c4cccc5ccccc45)S6)c3)NC(c3ccccc3)N2)cc1. The summed E-state index contributed by atoms with van der Waals surface area (Å²) >= 11 is 1.90. The van der Waals surface area contributed by atoms with Gasteiger partial charge in [0.25, 0.3) is 0 Å². The van der Waals surface area contributed by atoms with E-state index in [0.29, 0.717) is 0 Å². The van der Waals surface area contributed by atoms with Crippen molar-refractivity contribution in [3.05, 3.63) is 168 Å². The van der Waals surface area contributed by atoms with Gasteiger partial charge in [-0.25, -0.2) is 4.99 Å². The lowest BCUT2D eigenvalue weighted by Gasteiger charge is -2.32. The molecule has 3 N–H and O–H groups in total. The molecule has 4 nitrogen and oxygen atoms in total. The van der Waals surface area contributed by atoms with Gasteiger partial charge in [-0.1, -0.05) is 145 Å². The van der Waals surface area contributed by atoms with Gasteiger partial charge in [0.2, 0.25) is 0 Å². The van der Waals surface area contributed by atoms with E-state index in [1.807, 2.05) is 17.8 Å². The van der Waals surface area contributed by atoms with Crippen LogP contribution in [0.5, 0.6) is 0 Å². The average molecular weight is 599 g/mol. The largest absolute Gasteiger partial charge is 0.368 e. The molecule has 7 aromatic rings. The Bertz CT molecular complexity index is 2240. The number of nitrogens with zero attached hydrogens (tertiary/aromatic N) is 1. The highest BCUT2D eigenvalue weighted by Crippen LogP contribution is 2.51. The van der Waals surface area contributed by atoms with Gasteiger partial charge in [0.05, 0.1) is 5.69 Å². The Morgan fingerprint density at radius 3 is 2.20 bits per heavy atom. The van der Waals surface area contributed by atoms with E-state index in [0.717, 1.165) is 17.0 Å². The predicted molar refractivity (Wildman–Crippen MR) is 189 cm³/mol. The summed E-state index contributed by atoms with van der Waals surface area (Å²) < 4.78 is 0. The second-order valence-electron chi connectivity index (χ2n) is 11.7. The molecule has 5 heteroatoms. The van der Waals surface area contributed by atoms with E-state index in [2.05, 4.69) is 155 Å². The number of fused-ring (bicyclic) bond motifs is 6. The maximum atomic E-state index is 5.17. The van der Waals surface area contributed by atoms with Gasteiger partial charge in [-0.15, -0.1) is 0 Å². The molecule has 216 valence electrons. The second kappa shape index (κ2) is 10.8. The number of nitrogens with one attached hydrogen (secondary N) is 3. The first-order valence-electron chi connectivity index (χ1n) is 15.4. The molecule has 0 fully saturated rings. The molecule has 2 aliphatic rings. The Kier molecular flexibility index (Phi) is 6.32. The van der Waals surface area contributed by atoms with Crippen molar-refractivity contribution in [2.75, 3.05) is 5.32 Å². The summed E-state index contributed by atoms with van der Waals surface area (Å²) in [6.07, 6.45) is -0.260. The van der Waals surface area contributed by atoms with Crippen molar-refractivity contribution < 1.29 is 0 Å². The van der Waals surface area contributed by atoms with Crippen LogP contribution in [-0.4, -0.2) is 5.84 Å². The first-order valence-corrected chi connectivity index (χ1v) is 16.3. The van der Waals surface area contributed by atoms with Crippen LogP contribution in [0.3, 0.4) is 0 Å². The van der Waals surface area contributed by atoms with Crippen LogP contribution in [0.2, 0.25) is 0 Å². The Hall–Kier alpha value is -5.10. The zero-order valence-electron chi connectivity index (χ0n) is 24.4. The van der Waals surface area contributed by atoms with Crippen LogP contribution >= 0.6 is 11.8 Å². The minimum atomic E-state index is -0.197. The zero-order chi connectivity index (χ0) is 29.7. The molecule has 0 aromatic heterocycles. The van der Waals surface area contributed by atoms with E-state index in [1.54, 1.807) is 0 Å². The molecular formula is C40H30N4S. The lowest BCUT2D eigenvalue weighted by atomic mass is 9.97. The molecule has 2 aliphatic heterocycles. The Balaban J connectivity index is 1.12. The molecule has 0 bridgehead atoms. The minimum absolute atomic E-state index is 0.0632. The van der Waals surface area contributed by atoms with Crippen molar-refractivity contribution in [2.24, 2.45) is 4.99 Å². The van der Waals surface area contributed by atoms with Crippen LogP contribution in [0, 0.1) is 0 Å². The normalized spacial score (nSPS) is 19.2. The molecule has 0 saturated carbocycles. The summed E-state index contributed by atoms with van der Waals surface area (Å²) in [7, 11) is 0. The second-order valence-corrected chi connectivity index (χ2v) is 12.8. The summed E-state index contributed by atoms with van der Waals surface area (Å²) in [6.45, 7) is 0. The first-order chi connectivity index (χ1) is 22.3. The quantitative estimate of drug-likeness (QED) is 0.177. The third kappa shape index (κ3) is 4.63.